The van der Waals surface area contributed by atoms with Crippen molar-refractivity contribution in [2.24, 2.45) is 0 Å². The quantitative estimate of drug-likeness (QED) is 0.495. The first-order chi connectivity index (χ1) is 14.1. The molecule has 0 radical (unpaired) electrons. The standard InChI is InChI=1S/C22H20ClN3O2S/c1-14(19-9-10-20(23)29-19)25-18-4-2-3-15-13-26(22(28)21(15)18)17-7-5-16(6-8-17)24-11-12-27/h2-10,24-25,27H,1,11-13H2. The summed E-state index contributed by atoms with van der Waals surface area (Å²) in [6.45, 7) is 5.16. The van der Waals surface area contributed by atoms with Gasteiger partial charge in [0.15, 0.2) is 0 Å². The molecule has 0 aliphatic carbocycles. The zero-order chi connectivity index (χ0) is 20.4. The number of anilines is 3. The molecule has 5 nitrogen and oxygen atoms in total. The lowest BCUT2D eigenvalue weighted by atomic mass is 10.1. The number of amides is 1. The Labute approximate surface area is 178 Å². The first-order valence-corrected chi connectivity index (χ1v) is 10.4. The van der Waals surface area contributed by atoms with Crippen LogP contribution in [0.1, 0.15) is 20.8 Å². The summed E-state index contributed by atoms with van der Waals surface area (Å²) < 4.78 is 0.695. The molecule has 148 valence electrons. The number of nitrogens with zero attached hydrogens (tertiary/aromatic N) is 1. The summed E-state index contributed by atoms with van der Waals surface area (Å²) in [5, 5.41) is 15.3. The lowest BCUT2D eigenvalue weighted by Crippen LogP contribution is -2.23. The van der Waals surface area contributed by atoms with Gasteiger partial charge < -0.3 is 20.6 Å². The van der Waals surface area contributed by atoms with Crippen LogP contribution in [0.2, 0.25) is 4.34 Å². The Bertz CT molecular complexity index is 1060. The van der Waals surface area contributed by atoms with Crippen molar-refractivity contribution >= 4 is 51.6 Å². The minimum absolute atomic E-state index is 0.0452. The van der Waals surface area contributed by atoms with E-state index in [4.69, 9.17) is 16.7 Å². The molecule has 7 heteroatoms. The van der Waals surface area contributed by atoms with Gasteiger partial charge in [-0.25, -0.2) is 0 Å². The van der Waals surface area contributed by atoms with Crippen LogP contribution < -0.4 is 15.5 Å². The van der Waals surface area contributed by atoms with Crippen LogP contribution in [0.4, 0.5) is 17.1 Å². The maximum absolute atomic E-state index is 13.2. The molecule has 0 bridgehead atoms. The van der Waals surface area contributed by atoms with E-state index in [-0.39, 0.29) is 12.5 Å². The van der Waals surface area contributed by atoms with Gasteiger partial charge in [0.2, 0.25) is 0 Å². The summed E-state index contributed by atoms with van der Waals surface area (Å²) in [6.07, 6.45) is 0. The van der Waals surface area contributed by atoms with Gasteiger partial charge in [-0.15, -0.1) is 11.3 Å². The minimum atomic E-state index is -0.0452. The summed E-state index contributed by atoms with van der Waals surface area (Å²) in [5.74, 6) is -0.0452. The van der Waals surface area contributed by atoms with Crippen LogP contribution in [0.3, 0.4) is 0 Å². The van der Waals surface area contributed by atoms with Crippen molar-refractivity contribution in [3.63, 3.8) is 0 Å². The summed E-state index contributed by atoms with van der Waals surface area (Å²) in [7, 11) is 0. The fourth-order valence-electron chi connectivity index (χ4n) is 3.33. The van der Waals surface area contributed by atoms with E-state index in [0.29, 0.717) is 28.7 Å². The topological polar surface area (TPSA) is 64.6 Å². The molecule has 0 unspecified atom stereocenters. The third-order valence-electron chi connectivity index (χ3n) is 4.71. The molecule has 1 amide bonds. The second-order valence-electron chi connectivity index (χ2n) is 6.64. The van der Waals surface area contributed by atoms with Crippen molar-refractivity contribution < 1.29 is 9.90 Å². The molecule has 0 saturated heterocycles. The van der Waals surface area contributed by atoms with Crippen molar-refractivity contribution in [2.75, 3.05) is 28.7 Å². The van der Waals surface area contributed by atoms with Crippen molar-refractivity contribution in [3.8, 4) is 0 Å². The number of aliphatic hydroxyl groups excluding tert-OH is 1. The van der Waals surface area contributed by atoms with E-state index in [9.17, 15) is 4.79 Å². The molecule has 4 rings (SSSR count). The summed E-state index contributed by atoms with van der Waals surface area (Å²) >= 11 is 7.46. The average molecular weight is 426 g/mol. The van der Waals surface area contributed by atoms with Gasteiger partial charge in [0.25, 0.3) is 5.91 Å². The molecular formula is C22H20ClN3O2S. The predicted octanol–water partition coefficient (Wildman–Crippen LogP) is 5.05. The van der Waals surface area contributed by atoms with Crippen LogP contribution in [-0.2, 0) is 6.54 Å². The van der Waals surface area contributed by atoms with Gasteiger partial charge in [-0.1, -0.05) is 30.3 Å². The molecule has 1 aliphatic rings. The first-order valence-electron chi connectivity index (χ1n) is 9.17. The summed E-state index contributed by atoms with van der Waals surface area (Å²) in [4.78, 5) is 15.9. The highest BCUT2D eigenvalue weighted by Crippen LogP contribution is 2.35. The Hall–Kier alpha value is -2.80. The Morgan fingerprint density at radius 2 is 1.97 bits per heavy atom. The zero-order valence-electron chi connectivity index (χ0n) is 15.6. The van der Waals surface area contributed by atoms with Crippen LogP contribution in [0.25, 0.3) is 5.70 Å². The molecule has 0 fully saturated rings. The minimum Gasteiger partial charge on any atom is -0.395 e. The Balaban J connectivity index is 1.55. The van der Waals surface area contributed by atoms with E-state index in [1.807, 2.05) is 54.6 Å². The Morgan fingerprint density at radius 1 is 1.17 bits per heavy atom. The maximum atomic E-state index is 13.2. The highest BCUT2D eigenvalue weighted by Gasteiger charge is 2.31. The van der Waals surface area contributed by atoms with E-state index in [0.717, 1.165) is 27.5 Å². The number of hydrogen-bond donors (Lipinski definition) is 3. The third-order valence-corrected chi connectivity index (χ3v) is 6.01. The molecule has 0 spiro atoms. The molecule has 0 atom stereocenters. The SMILES string of the molecule is C=C(Nc1cccc2c1C(=O)N(c1ccc(NCCO)cc1)C2)c1ccc(Cl)s1. The number of rotatable bonds is 7. The van der Waals surface area contributed by atoms with Gasteiger partial charge in [0.05, 0.1) is 33.6 Å². The Morgan fingerprint density at radius 3 is 2.66 bits per heavy atom. The van der Waals surface area contributed by atoms with Crippen LogP contribution in [0.5, 0.6) is 0 Å². The van der Waals surface area contributed by atoms with Gasteiger partial charge in [-0.3, -0.25) is 4.79 Å². The molecule has 3 N–H and O–H groups in total. The first kappa shape index (κ1) is 19.5. The number of aliphatic hydroxyl groups is 1. The van der Waals surface area contributed by atoms with Crippen LogP contribution in [0, 0.1) is 0 Å². The fourth-order valence-corrected chi connectivity index (χ4v) is 4.30. The molecular weight excluding hydrogens is 406 g/mol. The van der Waals surface area contributed by atoms with E-state index >= 15 is 0 Å². The predicted molar refractivity (Wildman–Crippen MR) is 121 cm³/mol. The van der Waals surface area contributed by atoms with Crippen molar-refractivity contribution in [1.82, 2.24) is 0 Å². The molecule has 2 aromatic carbocycles. The number of halogens is 1. The van der Waals surface area contributed by atoms with E-state index < -0.39 is 0 Å². The number of carbonyl (C=O) groups excluding carboxylic acids is 1. The number of nitrogens with one attached hydrogen (secondary N) is 2. The number of thiophene rings is 1. The lowest BCUT2D eigenvalue weighted by molar-refractivity contribution is 0.0997. The monoisotopic (exact) mass is 425 g/mol. The summed E-state index contributed by atoms with van der Waals surface area (Å²) in [6, 6.07) is 17.2. The molecule has 3 aromatic rings. The number of hydrogen-bond acceptors (Lipinski definition) is 5. The van der Waals surface area contributed by atoms with Crippen molar-refractivity contribution in [3.05, 3.63) is 81.5 Å². The normalized spacial score (nSPS) is 12.8. The fraction of sp³-hybridized carbons (Fsp3) is 0.136. The van der Waals surface area contributed by atoms with Gasteiger partial charge >= 0.3 is 0 Å². The average Bonchev–Trinajstić information content (AvgIpc) is 3.31. The third kappa shape index (κ3) is 4.00. The van der Waals surface area contributed by atoms with Gasteiger partial charge in [0, 0.05) is 23.6 Å². The number of benzene rings is 2. The summed E-state index contributed by atoms with van der Waals surface area (Å²) in [5.41, 5.74) is 4.82. The van der Waals surface area contributed by atoms with E-state index in [1.165, 1.54) is 11.3 Å². The number of carbonyl (C=O) groups is 1. The largest absolute Gasteiger partial charge is 0.395 e. The van der Waals surface area contributed by atoms with Crippen LogP contribution >= 0.6 is 22.9 Å². The smallest absolute Gasteiger partial charge is 0.261 e. The van der Waals surface area contributed by atoms with Gasteiger partial charge in [-0.2, -0.15) is 0 Å². The number of fused-ring (bicyclic) bond motifs is 1. The maximum Gasteiger partial charge on any atom is 0.261 e. The molecule has 0 saturated carbocycles. The van der Waals surface area contributed by atoms with E-state index in [1.54, 1.807) is 4.90 Å². The highest BCUT2D eigenvalue weighted by molar-refractivity contribution is 7.17. The molecule has 1 aromatic heterocycles. The van der Waals surface area contributed by atoms with Gasteiger partial charge in [-0.05, 0) is 48.0 Å². The van der Waals surface area contributed by atoms with Crippen molar-refractivity contribution in [1.29, 1.82) is 0 Å². The van der Waals surface area contributed by atoms with Gasteiger partial charge in [0.1, 0.15) is 0 Å². The highest BCUT2D eigenvalue weighted by atomic mass is 35.5. The second kappa shape index (κ2) is 8.29. The molecule has 1 aliphatic heterocycles. The van der Waals surface area contributed by atoms with Crippen LogP contribution in [0.15, 0.2) is 61.2 Å². The molecule has 29 heavy (non-hydrogen) atoms. The zero-order valence-corrected chi connectivity index (χ0v) is 17.2. The molecule has 2 heterocycles. The Kier molecular flexibility index (Phi) is 5.58. The van der Waals surface area contributed by atoms with Crippen molar-refractivity contribution in [2.45, 2.75) is 6.54 Å². The second-order valence-corrected chi connectivity index (χ2v) is 8.35. The van der Waals surface area contributed by atoms with E-state index in [2.05, 4.69) is 17.2 Å². The lowest BCUT2D eigenvalue weighted by Gasteiger charge is -2.17. The van der Waals surface area contributed by atoms with Crippen LogP contribution in [-0.4, -0.2) is 24.2 Å².